The van der Waals surface area contributed by atoms with Crippen molar-refractivity contribution in [2.75, 3.05) is 26.2 Å². The number of carbonyl (C=O) groups is 2. The molecule has 0 spiro atoms. The van der Waals surface area contributed by atoms with E-state index >= 15 is 0 Å². The Morgan fingerprint density at radius 1 is 1.14 bits per heavy atom. The smallest absolute Gasteiger partial charge is 0.239 e. The minimum atomic E-state index is -0.573. The van der Waals surface area contributed by atoms with Crippen molar-refractivity contribution in [2.45, 2.75) is 45.2 Å². The van der Waals surface area contributed by atoms with Gasteiger partial charge in [-0.3, -0.25) is 9.59 Å². The third kappa shape index (κ3) is 9.24. The highest BCUT2D eigenvalue weighted by Gasteiger charge is 2.21. The minimum Gasteiger partial charge on any atom is -0.352 e. The van der Waals surface area contributed by atoms with E-state index in [0.29, 0.717) is 0 Å². The average molecular weight is 433 g/mol. The number of benzene rings is 1. The Balaban J connectivity index is 0.00000364. The normalized spacial score (nSPS) is 15.9. The van der Waals surface area contributed by atoms with Crippen LogP contribution < -0.4 is 16.4 Å². The van der Waals surface area contributed by atoms with Gasteiger partial charge in [0.1, 0.15) is 0 Å². The summed E-state index contributed by atoms with van der Waals surface area (Å²) in [6.45, 7) is 6.79. The molecule has 0 radical (unpaired) electrons. The monoisotopic (exact) mass is 432 g/mol. The second-order valence-electron chi connectivity index (χ2n) is 7.41. The summed E-state index contributed by atoms with van der Waals surface area (Å²) in [6.07, 6.45) is 2.94. The average Bonchev–Trinajstić information content (AvgIpc) is 2.65. The number of nitrogens with zero attached hydrogens (tertiary/aromatic N) is 1. The van der Waals surface area contributed by atoms with Gasteiger partial charge in [-0.25, -0.2) is 0 Å². The van der Waals surface area contributed by atoms with E-state index in [1.165, 1.54) is 5.56 Å². The summed E-state index contributed by atoms with van der Waals surface area (Å²) >= 11 is 0. The summed E-state index contributed by atoms with van der Waals surface area (Å²) in [4.78, 5) is 26.3. The SMILES string of the molecule is CC(C)[C@H](N)C(=O)NCC(=O)NC1CCN(CCc2ccccc2)CC1.Cl.Cl. The van der Waals surface area contributed by atoms with Gasteiger partial charge >= 0.3 is 0 Å². The molecular formula is C20H34Cl2N4O2. The van der Waals surface area contributed by atoms with Crippen LogP contribution in [0.4, 0.5) is 0 Å². The second kappa shape index (κ2) is 13.8. The molecule has 28 heavy (non-hydrogen) atoms. The van der Waals surface area contributed by atoms with Crippen LogP contribution in [0.2, 0.25) is 0 Å². The molecule has 1 aliphatic rings. The first-order chi connectivity index (χ1) is 12.5. The van der Waals surface area contributed by atoms with Crippen LogP contribution in [0.1, 0.15) is 32.3 Å². The van der Waals surface area contributed by atoms with Crippen LogP contribution in [0.25, 0.3) is 0 Å². The van der Waals surface area contributed by atoms with Gasteiger partial charge < -0.3 is 21.3 Å². The van der Waals surface area contributed by atoms with Crippen molar-refractivity contribution in [3.8, 4) is 0 Å². The highest BCUT2D eigenvalue weighted by atomic mass is 35.5. The first-order valence-electron chi connectivity index (χ1n) is 9.54. The molecule has 0 unspecified atom stereocenters. The molecular weight excluding hydrogens is 399 g/mol. The maximum absolute atomic E-state index is 12.0. The molecule has 1 aliphatic heterocycles. The predicted octanol–water partition coefficient (Wildman–Crippen LogP) is 1.75. The van der Waals surface area contributed by atoms with Gasteiger partial charge in [0.05, 0.1) is 12.6 Å². The molecule has 6 nitrogen and oxygen atoms in total. The zero-order valence-electron chi connectivity index (χ0n) is 16.7. The fourth-order valence-electron chi connectivity index (χ4n) is 3.10. The Labute approximate surface area is 180 Å². The molecule has 0 saturated carbocycles. The fraction of sp³-hybridized carbons (Fsp3) is 0.600. The van der Waals surface area contributed by atoms with Crippen molar-refractivity contribution < 1.29 is 9.59 Å². The fourth-order valence-corrected chi connectivity index (χ4v) is 3.10. The molecule has 1 fully saturated rings. The Morgan fingerprint density at radius 2 is 1.75 bits per heavy atom. The highest BCUT2D eigenvalue weighted by molar-refractivity contribution is 5.87. The molecule has 1 heterocycles. The van der Waals surface area contributed by atoms with E-state index in [4.69, 9.17) is 5.73 Å². The molecule has 1 saturated heterocycles. The summed E-state index contributed by atoms with van der Waals surface area (Å²) in [5.74, 6) is -0.360. The maximum Gasteiger partial charge on any atom is 0.239 e. The van der Waals surface area contributed by atoms with Gasteiger partial charge in [-0.2, -0.15) is 0 Å². The lowest BCUT2D eigenvalue weighted by Crippen LogP contribution is -2.50. The molecule has 2 amide bonds. The number of hydrogen-bond acceptors (Lipinski definition) is 4. The standard InChI is InChI=1S/C20H32N4O2.2ClH/c1-15(2)19(21)20(26)22-14-18(25)23-17-9-12-24(13-10-17)11-8-16-6-4-3-5-7-16;;/h3-7,15,17,19H,8-14,21H2,1-2H3,(H,22,26)(H,23,25);2*1H/t19-;;/m0../s1. The van der Waals surface area contributed by atoms with Crippen molar-refractivity contribution in [3.05, 3.63) is 35.9 Å². The molecule has 2 rings (SSSR count). The number of nitrogens with one attached hydrogen (secondary N) is 2. The molecule has 0 aromatic heterocycles. The summed E-state index contributed by atoms with van der Waals surface area (Å²) in [5, 5.41) is 5.63. The van der Waals surface area contributed by atoms with Gasteiger partial charge in [0.2, 0.25) is 11.8 Å². The summed E-state index contributed by atoms with van der Waals surface area (Å²) in [6, 6.07) is 10.1. The topological polar surface area (TPSA) is 87.5 Å². The van der Waals surface area contributed by atoms with E-state index in [2.05, 4.69) is 39.8 Å². The number of rotatable bonds is 8. The Kier molecular flexibility index (Phi) is 13.1. The summed E-state index contributed by atoms with van der Waals surface area (Å²) in [7, 11) is 0. The first kappa shape index (κ1) is 26.7. The molecule has 4 N–H and O–H groups in total. The van der Waals surface area contributed by atoms with E-state index in [-0.39, 0.29) is 55.1 Å². The van der Waals surface area contributed by atoms with Crippen LogP contribution in [-0.4, -0.2) is 55.0 Å². The van der Waals surface area contributed by atoms with Crippen LogP contribution in [0.3, 0.4) is 0 Å². The van der Waals surface area contributed by atoms with Crippen LogP contribution in [-0.2, 0) is 16.0 Å². The Morgan fingerprint density at radius 3 is 2.32 bits per heavy atom. The van der Waals surface area contributed by atoms with Crippen LogP contribution in [0.5, 0.6) is 0 Å². The molecule has 1 aromatic carbocycles. The summed E-state index contributed by atoms with van der Waals surface area (Å²) < 4.78 is 0. The molecule has 0 aliphatic carbocycles. The van der Waals surface area contributed by atoms with Gasteiger partial charge in [-0.15, -0.1) is 24.8 Å². The van der Waals surface area contributed by atoms with Crippen LogP contribution in [0, 0.1) is 5.92 Å². The van der Waals surface area contributed by atoms with Gasteiger partial charge in [0.15, 0.2) is 0 Å². The number of carbonyl (C=O) groups excluding carboxylic acids is 2. The molecule has 8 heteroatoms. The van der Waals surface area contributed by atoms with E-state index in [9.17, 15) is 9.59 Å². The van der Waals surface area contributed by atoms with Crippen LogP contribution >= 0.6 is 24.8 Å². The predicted molar refractivity (Wildman–Crippen MR) is 118 cm³/mol. The lowest BCUT2D eigenvalue weighted by molar-refractivity contribution is -0.127. The third-order valence-electron chi connectivity index (χ3n) is 4.96. The van der Waals surface area contributed by atoms with Crippen molar-refractivity contribution in [3.63, 3.8) is 0 Å². The van der Waals surface area contributed by atoms with E-state index in [1.807, 2.05) is 19.9 Å². The number of hydrogen-bond donors (Lipinski definition) is 3. The molecule has 1 atom stereocenters. The van der Waals surface area contributed by atoms with Crippen molar-refractivity contribution in [2.24, 2.45) is 11.7 Å². The van der Waals surface area contributed by atoms with Gasteiger partial charge in [-0.05, 0) is 30.7 Å². The van der Waals surface area contributed by atoms with E-state index in [0.717, 1.165) is 38.9 Å². The second-order valence-corrected chi connectivity index (χ2v) is 7.41. The van der Waals surface area contributed by atoms with Gasteiger partial charge in [0.25, 0.3) is 0 Å². The number of nitrogens with two attached hydrogens (primary N) is 1. The van der Waals surface area contributed by atoms with Crippen molar-refractivity contribution in [1.29, 1.82) is 0 Å². The lowest BCUT2D eigenvalue weighted by Gasteiger charge is -2.32. The molecule has 1 aromatic rings. The van der Waals surface area contributed by atoms with E-state index < -0.39 is 6.04 Å². The number of halogens is 2. The minimum absolute atomic E-state index is 0. The zero-order valence-corrected chi connectivity index (χ0v) is 18.4. The van der Waals surface area contributed by atoms with E-state index in [1.54, 1.807) is 0 Å². The maximum atomic E-state index is 12.0. The zero-order chi connectivity index (χ0) is 18.9. The van der Waals surface area contributed by atoms with Crippen molar-refractivity contribution >= 4 is 36.6 Å². The number of piperidine rings is 1. The summed E-state index contributed by atoms with van der Waals surface area (Å²) in [5.41, 5.74) is 7.13. The lowest BCUT2D eigenvalue weighted by atomic mass is 10.0. The largest absolute Gasteiger partial charge is 0.352 e. The Bertz CT molecular complexity index is 579. The molecule has 0 bridgehead atoms. The number of amides is 2. The van der Waals surface area contributed by atoms with Crippen LogP contribution in [0.15, 0.2) is 30.3 Å². The highest BCUT2D eigenvalue weighted by Crippen LogP contribution is 2.11. The number of likely N-dealkylation sites (tertiary alicyclic amines) is 1. The quantitative estimate of drug-likeness (QED) is 0.583. The third-order valence-corrected chi connectivity index (χ3v) is 4.96. The van der Waals surface area contributed by atoms with Crippen molar-refractivity contribution in [1.82, 2.24) is 15.5 Å². The van der Waals surface area contributed by atoms with Gasteiger partial charge in [-0.1, -0.05) is 44.2 Å². The van der Waals surface area contributed by atoms with Gasteiger partial charge in [0, 0.05) is 25.7 Å². The Hall–Kier alpha value is -1.34. The first-order valence-corrected chi connectivity index (χ1v) is 9.54. The molecule has 160 valence electrons.